The summed E-state index contributed by atoms with van der Waals surface area (Å²) in [5, 5.41) is 13.5. The van der Waals surface area contributed by atoms with Crippen LogP contribution in [0.4, 0.5) is 13.2 Å². The number of hydrogen-bond donors (Lipinski definition) is 1. The molecular formula is C22H21ClF3N3O5. The van der Waals surface area contributed by atoms with Gasteiger partial charge in [0.25, 0.3) is 18.3 Å². The minimum Gasteiger partial charge on any atom is -0.495 e. The molecule has 8 nitrogen and oxygen atoms in total. The van der Waals surface area contributed by atoms with Gasteiger partial charge in [0.2, 0.25) is 0 Å². The molecular weight excluding hydrogens is 479 g/mol. The highest BCUT2D eigenvalue weighted by atomic mass is 35.5. The van der Waals surface area contributed by atoms with Crippen molar-refractivity contribution in [3.8, 4) is 28.0 Å². The molecule has 0 aliphatic heterocycles. The summed E-state index contributed by atoms with van der Waals surface area (Å²) in [6, 6.07) is 4.63. The number of benzene rings is 1. The molecule has 0 fully saturated rings. The van der Waals surface area contributed by atoms with Gasteiger partial charge in [0.1, 0.15) is 11.8 Å². The molecule has 0 spiro atoms. The Hall–Kier alpha value is -3.31. The van der Waals surface area contributed by atoms with Crippen molar-refractivity contribution >= 4 is 17.6 Å². The highest BCUT2D eigenvalue weighted by molar-refractivity contribution is 6.31. The molecule has 0 aliphatic carbocycles. The van der Waals surface area contributed by atoms with E-state index in [2.05, 4.69) is 5.10 Å². The fourth-order valence-corrected chi connectivity index (χ4v) is 3.65. The standard InChI is InChI=1S/C22H21ClF3N3O5/c1-33-6-5-17(22(31)32)28-11-18(34-2)16(8-19(28)30)15-7-13(23)3-4-14(15)12-9-27-29(10-12)21(26)20(24)25/h3-4,7-11,17,20-21H,5-6H2,1-2H3,(H,31,32). The van der Waals surface area contributed by atoms with Gasteiger partial charge in [0, 0.05) is 48.6 Å². The first kappa shape index (κ1) is 25.3. The van der Waals surface area contributed by atoms with E-state index in [4.69, 9.17) is 21.1 Å². The molecule has 3 rings (SSSR count). The third kappa shape index (κ3) is 5.26. The van der Waals surface area contributed by atoms with Crippen LogP contribution in [0, 0.1) is 0 Å². The molecule has 1 N–H and O–H groups in total. The number of alkyl halides is 3. The molecule has 2 aromatic heterocycles. The van der Waals surface area contributed by atoms with Crippen LogP contribution >= 0.6 is 11.6 Å². The maximum atomic E-state index is 13.7. The van der Waals surface area contributed by atoms with Crippen LogP contribution in [0.15, 0.2) is 47.7 Å². The molecule has 12 heteroatoms. The number of ether oxygens (including phenoxy) is 2. The molecule has 0 saturated heterocycles. The van der Waals surface area contributed by atoms with E-state index in [1.807, 2.05) is 0 Å². The van der Waals surface area contributed by atoms with Gasteiger partial charge in [-0.1, -0.05) is 17.7 Å². The molecule has 1 aromatic carbocycles. The van der Waals surface area contributed by atoms with Gasteiger partial charge in [0.15, 0.2) is 0 Å². The SMILES string of the molecule is COCCC(C(=O)O)n1cc(OC)c(-c2cc(Cl)ccc2-c2cnn(C(F)C(F)F)c2)cc1=O. The summed E-state index contributed by atoms with van der Waals surface area (Å²) in [5.74, 6) is -1.06. The summed E-state index contributed by atoms with van der Waals surface area (Å²) < 4.78 is 51.1. The Morgan fingerprint density at radius 2 is 1.88 bits per heavy atom. The summed E-state index contributed by atoms with van der Waals surface area (Å²) in [5.41, 5.74) is 0.744. The zero-order chi connectivity index (χ0) is 25.0. The third-order valence-electron chi connectivity index (χ3n) is 5.13. The monoisotopic (exact) mass is 499 g/mol. The molecule has 0 bridgehead atoms. The molecule has 2 unspecified atom stereocenters. The van der Waals surface area contributed by atoms with E-state index in [-0.39, 0.29) is 24.3 Å². The molecule has 0 saturated carbocycles. The van der Waals surface area contributed by atoms with E-state index in [1.54, 1.807) is 6.07 Å². The summed E-state index contributed by atoms with van der Waals surface area (Å²) in [7, 11) is 2.76. The van der Waals surface area contributed by atoms with Crippen LogP contribution in [-0.2, 0) is 9.53 Å². The average Bonchev–Trinajstić information content (AvgIpc) is 3.29. The number of pyridine rings is 1. The lowest BCUT2D eigenvalue weighted by molar-refractivity contribution is -0.141. The maximum Gasteiger partial charge on any atom is 0.326 e. The van der Waals surface area contributed by atoms with Crippen LogP contribution in [0.25, 0.3) is 22.3 Å². The number of carboxylic acid groups (broad SMARTS) is 1. The normalized spacial score (nSPS) is 13.1. The average molecular weight is 500 g/mol. The third-order valence-corrected chi connectivity index (χ3v) is 5.36. The Morgan fingerprint density at radius 3 is 2.50 bits per heavy atom. The quantitative estimate of drug-likeness (QED) is 0.443. The Balaban J connectivity index is 2.15. The fraction of sp³-hybridized carbons (Fsp3) is 0.318. The summed E-state index contributed by atoms with van der Waals surface area (Å²) in [4.78, 5) is 24.6. The lowest BCUT2D eigenvalue weighted by Gasteiger charge is -2.19. The lowest BCUT2D eigenvalue weighted by Crippen LogP contribution is -2.30. The largest absolute Gasteiger partial charge is 0.495 e. The number of methoxy groups -OCH3 is 2. The Labute approximate surface area is 197 Å². The Bertz CT molecular complexity index is 1230. The van der Waals surface area contributed by atoms with Gasteiger partial charge in [-0.2, -0.15) is 5.10 Å². The zero-order valence-electron chi connectivity index (χ0n) is 18.1. The lowest BCUT2D eigenvalue weighted by atomic mass is 9.96. The summed E-state index contributed by atoms with van der Waals surface area (Å²) in [6.07, 6.45) is -2.24. The van der Waals surface area contributed by atoms with Crippen LogP contribution < -0.4 is 10.3 Å². The van der Waals surface area contributed by atoms with Crippen molar-refractivity contribution < 1.29 is 32.5 Å². The van der Waals surface area contributed by atoms with Gasteiger partial charge < -0.3 is 14.6 Å². The van der Waals surface area contributed by atoms with Crippen molar-refractivity contribution in [2.45, 2.75) is 25.2 Å². The highest BCUT2D eigenvalue weighted by Crippen LogP contribution is 2.38. The van der Waals surface area contributed by atoms with Crippen molar-refractivity contribution in [1.82, 2.24) is 14.3 Å². The second kappa shape index (κ2) is 10.7. The molecule has 0 amide bonds. The molecule has 2 atom stereocenters. The van der Waals surface area contributed by atoms with E-state index in [1.165, 1.54) is 44.8 Å². The van der Waals surface area contributed by atoms with Crippen LogP contribution in [0.5, 0.6) is 5.75 Å². The van der Waals surface area contributed by atoms with Gasteiger partial charge in [-0.25, -0.2) is 22.6 Å². The number of hydrogen-bond acceptors (Lipinski definition) is 5. The first-order chi connectivity index (χ1) is 16.2. The molecule has 3 aromatic rings. The molecule has 2 heterocycles. The van der Waals surface area contributed by atoms with E-state index in [9.17, 15) is 27.9 Å². The number of carboxylic acids is 1. The highest BCUT2D eigenvalue weighted by Gasteiger charge is 2.25. The molecule has 0 aliphatic rings. The summed E-state index contributed by atoms with van der Waals surface area (Å²) in [6.45, 7) is 0.115. The number of halogens is 4. The van der Waals surface area contributed by atoms with Crippen LogP contribution in [0.1, 0.15) is 18.8 Å². The topological polar surface area (TPSA) is 95.6 Å². The van der Waals surface area contributed by atoms with Gasteiger partial charge in [-0.15, -0.1) is 0 Å². The van der Waals surface area contributed by atoms with Crippen molar-refractivity contribution in [2.24, 2.45) is 0 Å². The van der Waals surface area contributed by atoms with Crippen molar-refractivity contribution in [3.05, 3.63) is 58.2 Å². The van der Waals surface area contributed by atoms with Crippen molar-refractivity contribution in [3.63, 3.8) is 0 Å². The van der Waals surface area contributed by atoms with Gasteiger partial charge >= 0.3 is 5.97 Å². The second-order valence-electron chi connectivity index (χ2n) is 7.24. The number of aromatic nitrogens is 3. The Morgan fingerprint density at radius 1 is 1.15 bits per heavy atom. The predicted molar refractivity (Wildman–Crippen MR) is 118 cm³/mol. The zero-order valence-corrected chi connectivity index (χ0v) is 18.9. The van der Waals surface area contributed by atoms with Gasteiger partial charge in [-0.05, 0) is 23.3 Å². The number of rotatable bonds is 10. The minimum absolute atomic E-state index is 0.0460. The number of aliphatic carboxylic acids is 1. The van der Waals surface area contributed by atoms with Crippen LogP contribution in [0.3, 0.4) is 0 Å². The van der Waals surface area contributed by atoms with Gasteiger partial charge in [0.05, 0.1) is 19.5 Å². The number of carbonyl (C=O) groups is 1. The maximum absolute atomic E-state index is 13.7. The van der Waals surface area contributed by atoms with E-state index in [0.717, 1.165) is 10.8 Å². The molecule has 0 radical (unpaired) electrons. The van der Waals surface area contributed by atoms with E-state index >= 15 is 0 Å². The van der Waals surface area contributed by atoms with E-state index in [0.29, 0.717) is 26.4 Å². The first-order valence-electron chi connectivity index (χ1n) is 9.96. The molecule has 182 valence electrons. The fourth-order valence-electron chi connectivity index (χ4n) is 3.47. The smallest absolute Gasteiger partial charge is 0.326 e. The Kier molecular flexibility index (Phi) is 8.00. The van der Waals surface area contributed by atoms with Crippen LogP contribution in [-0.4, -0.2) is 52.7 Å². The second-order valence-corrected chi connectivity index (χ2v) is 7.68. The first-order valence-corrected chi connectivity index (χ1v) is 10.3. The van der Waals surface area contributed by atoms with Gasteiger partial charge in [-0.3, -0.25) is 9.36 Å². The number of nitrogens with zero attached hydrogens (tertiary/aromatic N) is 3. The molecule has 34 heavy (non-hydrogen) atoms. The predicted octanol–water partition coefficient (Wildman–Crippen LogP) is 4.44. The van der Waals surface area contributed by atoms with Crippen molar-refractivity contribution in [1.29, 1.82) is 0 Å². The van der Waals surface area contributed by atoms with E-state index < -0.39 is 30.3 Å². The van der Waals surface area contributed by atoms with Crippen LogP contribution in [0.2, 0.25) is 5.02 Å². The minimum atomic E-state index is -3.26. The van der Waals surface area contributed by atoms with Crippen molar-refractivity contribution in [2.75, 3.05) is 20.8 Å². The summed E-state index contributed by atoms with van der Waals surface area (Å²) >= 11 is 6.17.